The van der Waals surface area contributed by atoms with E-state index in [9.17, 15) is 4.79 Å². The number of amides is 2. The molecule has 0 bridgehead atoms. The van der Waals surface area contributed by atoms with E-state index in [0.717, 1.165) is 31.8 Å². The quantitative estimate of drug-likeness (QED) is 0.840. The molecule has 116 valence electrons. The van der Waals surface area contributed by atoms with Crippen LogP contribution in [-0.4, -0.2) is 51.6 Å². The summed E-state index contributed by atoms with van der Waals surface area (Å²) in [6.45, 7) is 1.69. The van der Waals surface area contributed by atoms with Gasteiger partial charge >= 0.3 is 6.03 Å². The Morgan fingerprint density at radius 2 is 2.05 bits per heavy atom. The van der Waals surface area contributed by atoms with Gasteiger partial charge in [0, 0.05) is 51.5 Å². The van der Waals surface area contributed by atoms with E-state index >= 15 is 0 Å². The molecule has 0 spiro atoms. The number of nitrogens with zero attached hydrogens (tertiary/aromatic N) is 4. The van der Waals surface area contributed by atoms with Crippen LogP contribution in [0, 0.1) is 0 Å². The highest BCUT2D eigenvalue weighted by Gasteiger charge is 2.31. The van der Waals surface area contributed by atoms with Crippen molar-refractivity contribution in [1.29, 1.82) is 0 Å². The summed E-state index contributed by atoms with van der Waals surface area (Å²) in [7, 11) is 4.01. The maximum Gasteiger partial charge on any atom is 0.320 e. The van der Waals surface area contributed by atoms with Crippen LogP contribution in [0.4, 0.5) is 4.79 Å². The lowest BCUT2D eigenvalue weighted by Gasteiger charge is -2.37. The molecule has 1 aromatic rings. The molecule has 5 nitrogen and oxygen atoms in total. The fraction of sp³-hybridized carbons (Fsp3) is 0.750. The SMILES string of the molecule is CN(C(=O)N1CCC[C@H](c2nccn2C)C1)C1CCCC1. The van der Waals surface area contributed by atoms with E-state index < -0.39 is 0 Å². The molecule has 2 amide bonds. The summed E-state index contributed by atoms with van der Waals surface area (Å²) in [5.41, 5.74) is 0. The first kappa shape index (κ1) is 14.4. The van der Waals surface area contributed by atoms with Gasteiger partial charge in [-0.2, -0.15) is 0 Å². The number of imidazole rings is 1. The van der Waals surface area contributed by atoms with Crippen LogP contribution >= 0.6 is 0 Å². The molecular weight excluding hydrogens is 264 g/mol. The number of carbonyl (C=O) groups excluding carboxylic acids is 1. The lowest BCUT2D eigenvalue weighted by molar-refractivity contribution is 0.132. The zero-order valence-electron chi connectivity index (χ0n) is 13.2. The summed E-state index contributed by atoms with van der Waals surface area (Å²) in [5, 5.41) is 0. The second-order valence-electron chi connectivity index (χ2n) is 6.51. The Bertz CT molecular complexity index is 492. The Morgan fingerprint density at radius 3 is 2.71 bits per heavy atom. The Morgan fingerprint density at radius 1 is 1.29 bits per heavy atom. The van der Waals surface area contributed by atoms with Crippen LogP contribution in [0.1, 0.15) is 50.3 Å². The minimum absolute atomic E-state index is 0.209. The lowest BCUT2D eigenvalue weighted by atomic mass is 9.97. The van der Waals surface area contributed by atoms with Crippen LogP contribution in [0.3, 0.4) is 0 Å². The monoisotopic (exact) mass is 290 g/mol. The second-order valence-corrected chi connectivity index (χ2v) is 6.51. The van der Waals surface area contributed by atoms with Gasteiger partial charge in [-0.25, -0.2) is 9.78 Å². The molecule has 2 fully saturated rings. The highest BCUT2D eigenvalue weighted by molar-refractivity contribution is 5.74. The van der Waals surface area contributed by atoms with Crippen LogP contribution in [0.15, 0.2) is 12.4 Å². The standard InChI is InChI=1S/C16H26N4O/c1-18-11-9-17-15(18)13-6-5-10-20(12-13)16(21)19(2)14-7-3-4-8-14/h9,11,13-14H,3-8,10,12H2,1-2H3/t13-/m0/s1. The third-order valence-electron chi connectivity index (χ3n) is 5.09. The summed E-state index contributed by atoms with van der Waals surface area (Å²) in [6.07, 6.45) is 10.9. The highest BCUT2D eigenvalue weighted by Crippen LogP contribution is 2.28. The third-order valence-corrected chi connectivity index (χ3v) is 5.09. The Kier molecular flexibility index (Phi) is 4.17. The average molecular weight is 290 g/mol. The molecule has 1 aliphatic carbocycles. The molecule has 5 heteroatoms. The Hall–Kier alpha value is -1.52. The number of rotatable bonds is 2. The molecule has 2 heterocycles. The first-order valence-electron chi connectivity index (χ1n) is 8.16. The molecule has 21 heavy (non-hydrogen) atoms. The van der Waals surface area contributed by atoms with E-state index in [-0.39, 0.29) is 6.03 Å². The smallest absolute Gasteiger partial charge is 0.320 e. The number of hydrogen-bond acceptors (Lipinski definition) is 2. The van der Waals surface area contributed by atoms with Crippen LogP contribution in [0.5, 0.6) is 0 Å². The fourth-order valence-electron chi connectivity index (χ4n) is 3.80. The van der Waals surface area contributed by atoms with Crippen molar-refractivity contribution >= 4 is 6.03 Å². The van der Waals surface area contributed by atoms with Gasteiger partial charge in [-0.1, -0.05) is 12.8 Å². The molecule has 1 saturated heterocycles. The number of aromatic nitrogens is 2. The van der Waals surface area contributed by atoms with Gasteiger partial charge in [0.25, 0.3) is 0 Å². The van der Waals surface area contributed by atoms with Gasteiger partial charge in [-0.05, 0) is 25.7 Å². The lowest BCUT2D eigenvalue weighted by Crippen LogP contribution is -2.48. The van der Waals surface area contributed by atoms with E-state index in [1.165, 1.54) is 25.7 Å². The van der Waals surface area contributed by atoms with Crippen molar-refractivity contribution in [2.24, 2.45) is 7.05 Å². The molecule has 0 aromatic carbocycles. The van der Waals surface area contributed by atoms with E-state index in [4.69, 9.17) is 0 Å². The second kappa shape index (κ2) is 6.08. The van der Waals surface area contributed by atoms with Gasteiger partial charge in [0.15, 0.2) is 0 Å². The minimum Gasteiger partial charge on any atom is -0.338 e. The van der Waals surface area contributed by atoms with E-state index in [0.29, 0.717) is 12.0 Å². The predicted molar refractivity (Wildman–Crippen MR) is 82.2 cm³/mol. The number of hydrogen-bond donors (Lipinski definition) is 0. The number of carbonyl (C=O) groups is 1. The largest absolute Gasteiger partial charge is 0.338 e. The Labute approximate surface area is 126 Å². The molecule has 0 unspecified atom stereocenters. The van der Waals surface area contributed by atoms with Gasteiger partial charge < -0.3 is 14.4 Å². The fourth-order valence-corrected chi connectivity index (χ4v) is 3.80. The van der Waals surface area contributed by atoms with Gasteiger partial charge in [-0.3, -0.25) is 0 Å². The van der Waals surface area contributed by atoms with Gasteiger partial charge in [0.1, 0.15) is 5.82 Å². The Balaban J connectivity index is 1.65. The summed E-state index contributed by atoms with van der Waals surface area (Å²) in [6, 6.07) is 0.659. The van der Waals surface area contributed by atoms with Crippen molar-refractivity contribution in [2.75, 3.05) is 20.1 Å². The van der Waals surface area contributed by atoms with E-state index in [1.807, 2.05) is 36.3 Å². The maximum absolute atomic E-state index is 12.7. The molecule has 2 aliphatic rings. The average Bonchev–Trinajstić information content (AvgIpc) is 3.17. The zero-order chi connectivity index (χ0) is 14.8. The van der Waals surface area contributed by atoms with Crippen LogP contribution in [0.25, 0.3) is 0 Å². The highest BCUT2D eigenvalue weighted by atomic mass is 16.2. The molecular formula is C16H26N4O. The zero-order valence-corrected chi connectivity index (χ0v) is 13.2. The molecule has 1 saturated carbocycles. The van der Waals surface area contributed by atoms with Gasteiger partial charge in [0.2, 0.25) is 0 Å². The maximum atomic E-state index is 12.7. The van der Waals surface area contributed by atoms with Crippen molar-refractivity contribution < 1.29 is 4.79 Å². The summed E-state index contributed by atoms with van der Waals surface area (Å²) in [4.78, 5) is 21.2. The van der Waals surface area contributed by atoms with E-state index in [2.05, 4.69) is 9.55 Å². The summed E-state index contributed by atoms with van der Waals surface area (Å²) < 4.78 is 2.08. The van der Waals surface area contributed by atoms with Crippen molar-refractivity contribution in [2.45, 2.75) is 50.5 Å². The van der Waals surface area contributed by atoms with Crippen molar-refractivity contribution in [3.05, 3.63) is 18.2 Å². The number of urea groups is 1. The number of likely N-dealkylation sites (tertiary alicyclic amines) is 1. The topological polar surface area (TPSA) is 41.4 Å². The normalized spacial score (nSPS) is 23.5. The molecule has 3 rings (SSSR count). The molecule has 0 radical (unpaired) electrons. The first-order chi connectivity index (χ1) is 10.2. The van der Waals surface area contributed by atoms with Crippen LogP contribution < -0.4 is 0 Å². The van der Waals surface area contributed by atoms with E-state index in [1.54, 1.807) is 0 Å². The minimum atomic E-state index is 0.209. The predicted octanol–water partition coefficient (Wildman–Crippen LogP) is 2.59. The van der Waals surface area contributed by atoms with Crippen LogP contribution in [-0.2, 0) is 7.05 Å². The van der Waals surface area contributed by atoms with Crippen LogP contribution in [0.2, 0.25) is 0 Å². The third kappa shape index (κ3) is 2.92. The number of piperidine rings is 1. The summed E-state index contributed by atoms with van der Waals surface area (Å²) in [5.74, 6) is 1.48. The van der Waals surface area contributed by atoms with Gasteiger partial charge in [-0.15, -0.1) is 0 Å². The summed E-state index contributed by atoms with van der Waals surface area (Å²) >= 11 is 0. The molecule has 1 aliphatic heterocycles. The number of aryl methyl sites for hydroxylation is 1. The first-order valence-corrected chi connectivity index (χ1v) is 8.16. The van der Waals surface area contributed by atoms with Gasteiger partial charge in [0.05, 0.1) is 0 Å². The molecule has 1 atom stereocenters. The molecule has 0 N–H and O–H groups in total. The van der Waals surface area contributed by atoms with Crippen molar-refractivity contribution in [3.63, 3.8) is 0 Å². The van der Waals surface area contributed by atoms with Crippen molar-refractivity contribution in [1.82, 2.24) is 19.4 Å². The van der Waals surface area contributed by atoms with Crippen molar-refractivity contribution in [3.8, 4) is 0 Å². The molecule has 1 aromatic heterocycles.